The van der Waals surface area contributed by atoms with Gasteiger partial charge in [-0.2, -0.15) is 0 Å². The molecule has 0 radical (unpaired) electrons. The smallest absolute Gasteiger partial charge is 0.250 e. The van der Waals surface area contributed by atoms with Gasteiger partial charge in [0.2, 0.25) is 0 Å². The van der Waals surface area contributed by atoms with Gasteiger partial charge in [-0.25, -0.2) is 0 Å². The fourth-order valence-electron chi connectivity index (χ4n) is 2.02. The third-order valence-corrected chi connectivity index (χ3v) is 3.36. The van der Waals surface area contributed by atoms with Crippen LogP contribution in [0.4, 0.5) is 5.69 Å². The van der Waals surface area contributed by atoms with Gasteiger partial charge in [0.05, 0.1) is 6.61 Å². The zero-order valence-corrected chi connectivity index (χ0v) is 11.9. The predicted molar refractivity (Wildman–Crippen MR) is 81.1 cm³/mol. The van der Waals surface area contributed by atoms with E-state index in [0.29, 0.717) is 18.8 Å². The van der Waals surface area contributed by atoms with Gasteiger partial charge >= 0.3 is 0 Å². The molecule has 106 valence electrons. The maximum Gasteiger partial charge on any atom is 0.250 e. The van der Waals surface area contributed by atoms with E-state index in [4.69, 9.17) is 10.5 Å². The molecule has 20 heavy (non-hydrogen) atoms. The highest BCUT2D eigenvalue weighted by atomic mass is 16.5. The van der Waals surface area contributed by atoms with Gasteiger partial charge in [0.1, 0.15) is 5.75 Å². The van der Waals surface area contributed by atoms with Crippen molar-refractivity contribution in [3.63, 3.8) is 0 Å². The van der Waals surface area contributed by atoms with Crippen LogP contribution in [0, 0.1) is 13.8 Å². The van der Waals surface area contributed by atoms with Crippen LogP contribution in [-0.2, 0) is 6.54 Å². The molecule has 2 rings (SSSR count). The van der Waals surface area contributed by atoms with Crippen molar-refractivity contribution >= 4 is 5.69 Å². The monoisotopic (exact) mass is 272 g/mol. The predicted octanol–water partition coefficient (Wildman–Crippen LogP) is 2.52. The Hall–Kier alpha value is -2.23. The Balaban J connectivity index is 1.89. The number of anilines is 1. The van der Waals surface area contributed by atoms with Crippen LogP contribution < -0.4 is 16.0 Å². The number of rotatable bonds is 5. The SMILES string of the molecule is Cc1cccc(OCCCn2cc(N)ccc2=O)c1C. The van der Waals surface area contributed by atoms with Gasteiger partial charge in [-0.3, -0.25) is 4.79 Å². The molecule has 0 bridgehead atoms. The van der Waals surface area contributed by atoms with Crippen molar-refractivity contribution in [1.82, 2.24) is 4.57 Å². The van der Waals surface area contributed by atoms with E-state index < -0.39 is 0 Å². The van der Waals surface area contributed by atoms with Crippen molar-refractivity contribution in [2.75, 3.05) is 12.3 Å². The average molecular weight is 272 g/mol. The lowest BCUT2D eigenvalue weighted by molar-refractivity contribution is 0.299. The molecule has 0 aliphatic carbocycles. The van der Waals surface area contributed by atoms with E-state index in [1.165, 1.54) is 11.6 Å². The summed E-state index contributed by atoms with van der Waals surface area (Å²) < 4.78 is 7.38. The van der Waals surface area contributed by atoms with Crippen molar-refractivity contribution < 1.29 is 4.74 Å². The minimum atomic E-state index is -0.0362. The molecule has 0 spiro atoms. The summed E-state index contributed by atoms with van der Waals surface area (Å²) in [4.78, 5) is 11.6. The highest BCUT2D eigenvalue weighted by molar-refractivity contribution is 5.38. The van der Waals surface area contributed by atoms with Crippen molar-refractivity contribution in [3.8, 4) is 5.75 Å². The van der Waals surface area contributed by atoms with E-state index in [2.05, 4.69) is 13.0 Å². The van der Waals surface area contributed by atoms with Crippen LogP contribution in [0.15, 0.2) is 41.3 Å². The standard InChI is InChI=1S/C16H20N2O2/c1-12-5-3-6-15(13(12)2)20-10-4-9-18-11-14(17)7-8-16(18)19/h3,5-8,11H,4,9-10,17H2,1-2H3. The summed E-state index contributed by atoms with van der Waals surface area (Å²) in [6, 6.07) is 9.12. The van der Waals surface area contributed by atoms with Crippen LogP contribution in [0.1, 0.15) is 17.5 Å². The normalized spacial score (nSPS) is 10.5. The largest absolute Gasteiger partial charge is 0.493 e. The molecular formula is C16H20N2O2. The molecule has 0 amide bonds. The number of benzene rings is 1. The van der Waals surface area contributed by atoms with Crippen molar-refractivity contribution in [2.45, 2.75) is 26.8 Å². The Bertz CT molecular complexity index is 647. The summed E-state index contributed by atoms with van der Waals surface area (Å²) in [5.41, 5.74) is 8.61. The Morgan fingerprint density at radius 2 is 2.00 bits per heavy atom. The highest BCUT2D eigenvalue weighted by Crippen LogP contribution is 2.20. The third kappa shape index (κ3) is 3.41. The first-order chi connectivity index (χ1) is 9.58. The van der Waals surface area contributed by atoms with Crippen LogP contribution in [-0.4, -0.2) is 11.2 Å². The number of aryl methyl sites for hydroxylation is 2. The van der Waals surface area contributed by atoms with Gasteiger partial charge in [-0.05, 0) is 43.5 Å². The highest BCUT2D eigenvalue weighted by Gasteiger charge is 2.02. The van der Waals surface area contributed by atoms with Crippen molar-refractivity contribution in [3.05, 3.63) is 58.0 Å². The first kappa shape index (κ1) is 14.2. The summed E-state index contributed by atoms with van der Waals surface area (Å²) >= 11 is 0. The van der Waals surface area contributed by atoms with E-state index in [9.17, 15) is 4.79 Å². The Morgan fingerprint density at radius 3 is 2.80 bits per heavy atom. The van der Waals surface area contributed by atoms with Crippen molar-refractivity contribution in [2.24, 2.45) is 0 Å². The summed E-state index contributed by atoms with van der Waals surface area (Å²) in [6.45, 7) is 5.29. The Morgan fingerprint density at radius 1 is 1.20 bits per heavy atom. The summed E-state index contributed by atoms with van der Waals surface area (Å²) in [7, 11) is 0. The molecule has 2 aromatic rings. The molecule has 4 heteroatoms. The molecule has 0 saturated carbocycles. The molecule has 1 heterocycles. The lowest BCUT2D eigenvalue weighted by Crippen LogP contribution is -2.20. The summed E-state index contributed by atoms with van der Waals surface area (Å²) in [5, 5.41) is 0. The van der Waals surface area contributed by atoms with E-state index in [0.717, 1.165) is 17.7 Å². The Labute approximate surface area is 118 Å². The maximum absolute atomic E-state index is 11.6. The third-order valence-electron chi connectivity index (χ3n) is 3.36. The topological polar surface area (TPSA) is 57.2 Å². The van der Waals surface area contributed by atoms with E-state index in [1.54, 1.807) is 16.8 Å². The van der Waals surface area contributed by atoms with Gasteiger partial charge < -0.3 is 15.0 Å². The number of hydrogen-bond acceptors (Lipinski definition) is 3. The lowest BCUT2D eigenvalue weighted by atomic mass is 10.1. The zero-order valence-electron chi connectivity index (χ0n) is 11.9. The molecular weight excluding hydrogens is 252 g/mol. The number of nitrogens with two attached hydrogens (primary N) is 1. The summed E-state index contributed by atoms with van der Waals surface area (Å²) in [5.74, 6) is 0.907. The minimum absolute atomic E-state index is 0.0362. The fourth-order valence-corrected chi connectivity index (χ4v) is 2.02. The van der Waals surface area contributed by atoms with Crippen LogP contribution in [0.5, 0.6) is 5.75 Å². The molecule has 0 aliphatic rings. The van der Waals surface area contributed by atoms with Gasteiger partial charge in [-0.1, -0.05) is 12.1 Å². The second-order valence-electron chi connectivity index (χ2n) is 4.89. The maximum atomic E-state index is 11.6. The number of nitrogen functional groups attached to an aromatic ring is 1. The molecule has 4 nitrogen and oxygen atoms in total. The first-order valence-electron chi connectivity index (χ1n) is 6.73. The summed E-state index contributed by atoms with van der Waals surface area (Å²) in [6.07, 6.45) is 2.43. The van der Waals surface area contributed by atoms with Gasteiger partial charge in [0.25, 0.3) is 5.56 Å². The van der Waals surface area contributed by atoms with Crippen LogP contribution >= 0.6 is 0 Å². The van der Waals surface area contributed by atoms with E-state index in [1.807, 2.05) is 19.1 Å². The molecule has 0 unspecified atom stereocenters. The van der Waals surface area contributed by atoms with E-state index in [-0.39, 0.29) is 5.56 Å². The first-order valence-corrected chi connectivity index (χ1v) is 6.73. The van der Waals surface area contributed by atoms with Crippen molar-refractivity contribution in [1.29, 1.82) is 0 Å². The molecule has 2 N–H and O–H groups in total. The Kier molecular flexibility index (Phi) is 4.45. The minimum Gasteiger partial charge on any atom is -0.493 e. The van der Waals surface area contributed by atoms with Gasteiger partial charge in [-0.15, -0.1) is 0 Å². The molecule has 0 aliphatic heterocycles. The molecule has 1 aromatic heterocycles. The number of nitrogens with zero attached hydrogens (tertiary/aromatic N) is 1. The average Bonchev–Trinajstić information content (AvgIpc) is 2.43. The zero-order chi connectivity index (χ0) is 14.5. The molecule has 0 atom stereocenters. The fraction of sp³-hybridized carbons (Fsp3) is 0.312. The number of ether oxygens (including phenoxy) is 1. The molecule has 0 fully saturated rings. The molecule has 0 saturated heterocycles. The number of aromatic nitrogens is 1. The number of pyridine rings is 1. The van der Waals surface area contributed by atoms with E-state index >= 15 is 0 Å². The quantitative estimate of drug-likeness (QED) is 0.851. The second kappa shape index (κ2) is 6.28. The number of hydrogen-bond donors (Lipinski definition) is 1. The van der Waals surface area contributed by atoms with Gasteiger partial charge in [0.15, 0.2) is 0 Å². The lowest BCUT2D eigenvalue weighted by Gasteiger charge is -2.11. The van der Waals surface area contributed by atoms with Crippen LogP contribution in [0.2, 0.25) is 0 Å². The van der Waals surface area contributed by atoms with Crippen LogP contribution in [0.3, 0.4) is 0 Å². The molecule has 1 aromatic carbocycles. The van der Waals surface area contributed by atoms with Gasteiger partial charge in [0, 0.05) is 24.5 Å². The second-order valence-corrected chi connectivity index (χ2v) is 4.89. The van der Waals surface area contributed by atoms with Crippen LogP contribution in [0.25, 0.3) is 0 Å².